The number of halogens is 1. The summed E-state index contributed by atoms with van der Waals surface area (Å²) in [6, 6.07) is 13.5. The molecule has 0 amide bonds. The molecule has 1 aliphatic rings. The highest BCUT2D eigenvalue weighted by Gasteiger charge is 2.22. The fraction of sp³-hybridized carbons (Fsp3) is 0.115. The lowest BCUT2D eigenvalue weighted by Crippen LogP contribution is -2.17. The molecule has 1 aliphatic heterocycles. The average Bonchev–Trinajstić information content (AvgIpc) is 3.54. The number of rotatable bonds is 5. The molecular formula is C26H19FN7O4P. The third-order valence-corrected chi connectivity index (χ3v) is 6.48. The number of aromatic nitrogens is 6. The molecule has 2 aromatic carbocycles. The van der Waals surface area contributed by atoms with Gasteiger partial charge in [0.05, 0.1) is 11.7 Å². The SMILES string of the molecule is O=P(O)(O)OCn1ncc2cc(C#Cc3ccnc(-c4ccnc(N5Cc6ccc(F)cc6C5)n4)n3)ccc21. The zero-order valence-corrected chi connectivity index (χ0v) is 21.0. The molecule has 0 spiro atoms. The summed E-state index contributed by atoms with van der Waals surface area (Å²) in [5.41, 5.74) is 4.33. The van der Waals surface area contributed by atoms with E-state index < -0.39 is 7.82 Å². The van der Waals surface area contributed by atoms with Gasteiger partial charge in [-0.3, -0.25) is 4.52 Å². The van der Waals surface area contributed by atoms with Gasteiger partial charge in [0, 0.05) is 36.4 Å². The first-order chi connectivity index (χ1) is 18.8. The van der Waals surface area contributed by atoms with Gasteiger partial charge < -0.3 is 14.7 Å². The van der Waals surface area contributed by atoms with Crippen LogP contribution >= 0.6 is 7.82 Å². The van der Waals surface area contributed by atoms with Crippen molar-refractivity contribution in [2.75, 3.05) is 4.90 Å². The highest BCUT2D eigenvalue weighted by molar-refractivity contribution is 7.46. The Morgan fingerprint density at radius 1 is 0.974 bits per heavy atom. The van der Waals surface area contributed by atoms with Crippen molar-refractivity contribution in [2.45, 2.75) is 19.8 Å². The van der Waals surface area contributed by atoms with E-state index in [0.717, 1.165) is 16.5 Å². The van der Waals surface area contributed by atoms with E-state index in [4.69, 9.17) is 9.79 Å². The molecule has 0 radical (unpaired) electrons. The van der Waals surface area contributed by atoms with Crippen molar-refractivity contribution in [1.82, 2.24) is 29.7 Å². The molecule has 0 fully saturated rings. The summed E-state index contributed by atoms with van der Waals surface area (Å²) >= 11 is 0. The number of anilines is 1. The van der Waals surface area contributed by atoms with Crippen LogP contribution in [0.2, 0.25) is 0 Å². The van der Waals surface area contributed by atoms with E-state index >= 15 is 0 Å². The third kappa shape index (κ3) is 5.52. The van der Waals surface area contributed by atoms with Crippen LogP contribution < -0.4 is 4.90 Å². The Labute approximate surface area is 221 Å². The van der Waals surface area contributed by atoms with Crippen molar-refractivity contribution < 1.29 is 23.3 Å². The number of phosphoric acid groups is 1. The van der Waals surface area contributed by atoms with Crippen LogP contribution in [0.25, 0.3) is 22.4 Å². The summed E-state index contributed by atoms with van der Waals surface area (Å²) in [5.74, 6) is 6.73. The molecular weight excluding hydrogens is 524 g/mol. The number of nitrogens with zero attached hydrogens (tertiary/aromatic N) is 7. The van der Waals surface area contributed by atoms with Gasteiger partial charge in [-0.05, 0) is 59.5 Å². The second-order valence-corrected chi connectivity index (χ2v) is 9.93. The largest absolute Gasteiger partial charge is 0.471 e. The molecule has 0 saturated heterocycles. The molecule has 11 nitrogen and oxygen atoms in total. The second-order valence-electron chi connectivity index (χ2n) is 8.69. The molecule has 39 heavy (non-hydrogen) atoms. The van der Waals surface area contributed by atoms with Gasteiger partial charge >= 0.3 is 7.82 Å². The molecule has 4 heterocycles. The molecule has 0 aliphatic carbocycles. The van der Waals surface area contributed by atoms with Crippen LogP contribution in [0.1, 0.15) is 22.4 Å². The highest BCUT2D eigenvalue weighted by atomic mass is 31.2. The van der Waals surface area contributed by atoms with Gasteiger partial charge in [0.25, 0.3) is 0 Å². The minimum Gasteiger partial charge on any atom is -0.332 e. The summed E-state index contributed by atoms with van der Waals surface area (Å²) in [6.07, 6.45) is 4.81. The summed E-state index contributed by atoms with van der Waals surface area (Å²) in [7, 11) is -4.61. The van der Waals surface area contributed by atoms with Crippen molar-refractivity contribution in [1.29, 1.82) is 0 Å². The minimum absolute atomic E-state index is 0.264. The molecule has 2 N–H and O–H groups in total. The van der Waals surface area contributed by atoms with E-state index in [0.29, 0.717) is 47.3 Å². The molecule has 6 rings (SSSR count). The number of benzene rings is 2. The standard InChI is InChI=1S/C26H19FN7O4P/c27-21-4-3-18-14-33(15-20(18)12-21)26-29-10-8-23(32-26)25-28-9-7-22(31-25)5-1-17-2-6-24-19(11-17)13-30-34(24)16-38-39(35,36)37/h2-4,6-13H,14-16H2,(H2,35,36,37). The van der Waals surface area contributed by atoms with Gasteiger partial charge in [-0.2, -0.15) is 5.10 Å². The van der Waals surface area contributed by atoms with E-state index in [9.17, 15) is 8.96 Å². The molecule has 194 valence electrons. The number of hydrogen-bond acceptors (Lipinski definition) is 8. The third-order valence-electron chi connectivity index (χ3n) is 6.03. The van der Waals surface area contributed by atoms with Crippen LogP contribution in [0.5, 0.6) is 0 Å². The van der Waals surface area contributed by atoms with E-state index in [1.807, 2.05) is 11.0 Å². The van der Waals surface area contributed by atoms with Gasteiger partial charge in [0.15, 0.2) is 12.6 Å². The molecule has 0 saturated carbocycles. The van der Waals surface area contributed by atoms with Crippen molar-refractivity contribution in [3.05, 3.63) is 95.3 Å². The number of phosphoric ester groups is 1. The monoisotopic (exact) mass is 543 g/mol. The van der Waals surface area contributed by atoms with Gasteiger partial charge in [-0.25, -0.2) is 33.6 Å². The van der Waals surface area contributed by atoms with Crippen molar-refractivity contribution >= 4 is 24.7 Å². The highest BCUT2D eigenvalue weighted by Crippen LogP contribution is 2.36. The summed E-state index contributed by atoms with van der Waals surface area (Å²) in [6.45, 7) is 0.727. The van der Waals surface area contributed by atoms with Crippen LogP contribution in [0, 0.1) is 17.7 Å². The maximum Gasteiger partial charge on any atom is 0.471 e. The first kappa shape index (κ1) is 24.8. The topological polar surface area (TPSA) is 139 Å². The Kier molecular flexibility index (Phi) is 6.34. The van der Waals surface area contributed by atoms with E-state index in [2.05, 4.69) is 41.4 Å². The predicted molar refractivity (Wildman–Crippen MR) is 138 cm³/mol. The lowest BCUT2D eigenvalue weighted by molar-refractivity contribution is 0.148. The molecule has 0 unspecified atom stereocenters. The van der Waals surface area contributed by atoms with Gasteiger partial charge in [-0.15, -0.1) is 0 Å². The maximum absolute atomic E-state index is 13.6. The Hall–Kier alpha value is -4.53. The van der Waals surface area contributed by atoms with Crippen molar-refractivity contribution in [3.8, 4) is 23.4 Å². The predicted octanol–water partition coefficient (Wildman–Crippen LogP) is 3.41. The first-order valence-electron chi connectivity index (χ1n) is 11.7. The van der Waals surface area contributed by atoms with Crippen LogP contribution in [0.4, 0.5) is 10.3 Å². The van der Waals surface area contributed by atoms with E-state index in [1.165, 1.54) is 16.8 Å². The molecule has 0 bridgehead atoms. The molecule has 13 heteroatoms. The van der Waals surface area contributed by atoms with E-state index in [1.54, 1.807) is 48.9 Å². The Morgan fingerprint density at radius 3 is 2.69 bits per heavy atom. The fourth-order valence-electron chi connectivity index (χ4n) is 4.22. The van der Waals surface area contributed by atoms with Crippen molar-refractivity contribution in [2.24, 2.45) is 0 Å². The minimum atomic E-state index is -4.61. The average molecular weight is 543 g/mol. The van der Waals surface area contributed by atoms with Crippen LogP contribution in [-0.2, 0) is 28.9 Å². The molecule has 5 aromatic rings. The lowest BCUT2D eigenvalue weighted by atomic mass is 10.1. The quantitative estimate of drug-likeness (QED) is 0.250. The number of fused-ring (bicyclic) bond motifs is 2. The fourth-order valence-corrected chi connectivity index (χ4v) is 4.48. The van der Waals surface area contributed by atoms with Gasteiger partial charge in [0.1, 0.15) is 17.2 Å². The van der Waals surface area contributed by atoms with Crippen molar-refractivity contribution in [3.63, 3.8) is 0 Å². The van der Waals surface area contributed by atoms with Crippen LogP contribution in [0.15, 0.2) is 67.1 Å². The zero-order valence-electron chi connectivity index (χ0n) is 20.1. The van der Waals surface area contributed by atoms with Gasteiger partial charge in [0.2, 0.25) is 5.95 Å². The maximum atomic E-state index is 13.6. The number of hydrogen-bond donors (Lipinski definition) is 2. The second kappa shape index (κ2) is 9.98. The Morgan fingerprint density at radius 2 is 1.82 bits per heavy atom. The normalized spacial score (nSPS) is 12.8. The Balaban J connectivity index is 1.20. The Bertz CT molecular complexity index is 1830. The first-order valence-corrected chi connectivity index (χ1v) is 13.2. The summed E-state index contributed by atoms with van der Waals surface area (Å²) in [5, 5.41) is 4.84. The molecule has 0 atom stereocenters. The van der Waals surface area contributed by atoms with Crippen LogP contribution in [0.3, 0.4) is 0 Å². The summed E-state index contributed by atoms with van der Waals surface area (Å²) in [4.78, 5) is 37.7. The summed E-state index contributed by atoms with van der Waals surface area (Å²) < 4.78 is 30.4. The lowest BCUT2D eigenvalue weighted by Gasteiger charge is -2.15. The smallest absolute Gasteiger partial charge is 0.332 e. The molecule has 3 aromatic heterocycles. The van der Waals surface area contributed by atoms with Crippen LogP contribution in [-0.4, -0.2) is 39.5 Å². The van der Waals surface area contributed by atoms with Gasteiger partial charge in [-0.1, -0.05) is 12.0 Å². The van der Waals surface area contributed by atoms with E-state index in [-0.39, 0.29) is 12.5 Å². The zero-order chi connectivity index (χ0) is 27.0.